The molecule has 1 heterocycles. The van der Waals surface area contributed by atoms with Crippen molar-refractivity contribution < 1.29 is 9.53 Å². The average Bonchev–Trinajstić information content (AvgIpc) is 2.65. The lowest BCUT2D eigenvalue weighted by molar-refractivity contribution is -0.135. The molecule has 0 bridgehead atoms. The van der Waals surface area contributed by atoms with Crippen molar-refractivity contribution >= 4 is 16.8 Å². The normalized spacial score (nSPS) is 15.2. The Balaban J connectivity index is 1.45. The molecule has 1 aliphatic rings. The molecule has 0 atom stereocenters. The molecule has 0 unspecified atom stereocenters. The van der Waals surface area contributed by atoms with Crippen molar-refractivity contribution in [3.8, 4) is 5.75 Å². The van der Waals surface area contributed by atoms with E-state index in [-0.39, 0.29) is 17.4 Å². The van der Waals surface area contributed by atoms with Crippen molar-refractivity contribution in [2.45, 2.75) is 38.5 Å². The maximum Gasteiger partial charge on any atom is 0.248 e. The van der Waals surface area contributed by atoms with E-state index in [9.17, 15) is 9.59 Å². The van der Waals surface area contributed by atoms with E-state index in [0.717, 1.165) is 42.5 Å². The SMILES string of the molecule is CN(CCCOc1ccc2[nH]c(=O)ccc2c1)C(=O)C1CCCCC1. The molecule has 0 saturated heterocycles. The van der Waals surface area contributed by atoms with Gasteiger partial charge in [0.1, 0.15) is 5.75 Å². The smallest absolute Gasteiger partial charge is 0.248 e. The minimum Gasteiger partial charge on any atom is -0.494 e. The minimum absolute atomic E-state index is 0.105. The summed E-state index contributed by atoms with van der Waals surface area (Å²) in [7, 11) is 1.89. The van der Waals surface area contributed by atoms with E-state index < -0.39 is 0 Å². The number of carbonyl (C=O) groups is 1. The number of ether oxygens (including phenoxy) is 1. The summed E-state index contributed by atoms with van der Waals surface area (Å²) >= 11 is 0. The summed E-state index contributed by atoms with van der Waals surface area (Å²) in [6.07, 6.45) is 6.51. The number of H-pyrrole nitrogens is 1. The van der Waals surface area contributed by atoms with Gasteiger partial charge < -0.3 is 14.6 Å². The number of nitrogens with zero attached hydrogens (tertiary/aromatic N) is 1. The first kappa shape index (κ1) is 17.5. The second kappa shape index (κ2) is 8.19. The fourth-order valence-electron chi connectivity index (χ4n) is 3.49. The monoisotopic (exact) mass is 342 g/mol. The van der Waals surface area contributed by atoms with E-state index in [4.69, 9.17) is 4.74 Å². The summed E-state index contributed by atoms with van der Waals surface area (Å²) in [6, 6.07) is 8.93. The van der Waals surface area contributed by atoms with E-state index in [1.54, 1.807) is 6.07 Å². The van der Waals surface area contributed by atoms with Gasteiger partial charge in [0.25, 0.3) is 0 Å². The molecule has 3 rings (SSSR count). The number of rotatable bonds is 6. The molecule has 1 fully saturated rings. The molecule has 1 aromatic carbocycles. The van der Waals surface area contributed by atoms with Gasteiger partial charge in [-0.3, -0.25) is 9.59 Å². The first-order chi connectivity index (χ1) is 12.1. The summed E-state index contributed by atoms with van der Waals surface area (Å²) < 4.78 is 5.79. The van der Waals surface area contributed by atoms with Gasteiger partial charge in [-0.15, -0.1) is 0 Å². The van der Waals surface area contributed by atoms with E-state index in [1.807, 2.05) is 30.1 Å². The van der Waals surface area contributed by atoms with Crippen molar-refractivity contribution in [3.63, 3.8) is 0 Å². The van der Waals surface area contributed by atoms with Crippen molar-refractivity contribution in [2.24, 2.45) is 5.92 Å². The standard InChI is InChI=1S/C20H26N2O3/c1-22(20(24)15-6-3-2-4-7-15)12-5-13-25-17-9-10-18-16(14-17)8-11-19(23)21-18/h8-11,14-15H,2-7,12-13H2,1H3,(H,21,23). The Morgan fingerprint density at radius 2 is 2.00 bits per heavy atom. The molecule has 0 aliphatic heterocycles. The van der Waals surface area contributed by atoms with Crippen molar-refractivity contribution in [1.29, 1.82) is 0 Å². The van der Waals surface area contributed by atoms with E-state index in [1.165, 1.54) is 25.3 Å². The fourth-order valence-corrected chi connectivity index (χ4v) is 3.49. The highest BCUT2D eigenvalue weighted by Gasteiger charge is 2.23. The van der Waals surface area contributed by atoms with Gasteiger partial charge in [0.15, 0.2) is 0 Å². The largest absolute Gasteiger partial charge is 0.494 e. The molecule has 1 aliphatic carbocycles. The van der Waals surface area contributed by atoms with Gasteiger partial charge in [0.05, 0.1) is 6.61 Å². The number of nitrogens with one attached hydrogen (secondary N) is 1. The lowest BCUT2D eigenvalue weighted by atomic mass is 9.88. The molecule has 2 aromatic rings. The summed E-state index contributed by atoms with van der Waals surface area (Å²) in [6.45, 7) is 1.29. The fraction of sp³-hybridized carbons (Fsp3) is 0.500. The van der Waals surface area contributed by atoms with E-state index in [2.05, 4.69) is 4.98 Å². The molecular formula is C20H26N2O3. The van der Waals surface area contributed by atoms with Crippen LogP contribution < -0.4 is 10.3 Å². The number of hydrogen-bond donors (Lipinski definition) is 1. The number of aromatic amines is 1. The lowest BCUT2D eigenvalue weighted by Gasteiger charge is -2.26. The Morgan fingerprint density at radius 3 is 2.80 bits per heavy atom. The third kappa shape index (κ3) is 4.62. The Labute approximate surface area is 148 Å². The van der Waals surface area contributed by atoms with Gasteiger partial charge in [-0.1, -0.05) is 19.3 Å². The number of carbonyl (C=O) groups excluding carboxylic acids is 1. The number of aromatic nitrogens is 1. The highest BCUT2D eigenvalue weighted by molar-refractivity contribution is 5.79. The average molecular weight is 342 g/mol. The molecule has 134 valence electrons. The highest BCUT2D eigenvalue weighted by atomic mass is 16.5. The number of pyridine rings is 1. The number of hydrogen-bond acceptors (Lipinski definition) is 3. The van der Waals surface area contributed by atoms with Gasteiger partial charge >= 0.3 is 0 Å². The summed E-state index contributed by atoms with van der Waals surface area (Å²) in [4.78, 5) is 28.3. The van der Waals surface area contributed by atoms with E-state index in [0.29, 0.717) is 6.61 Å². The Morgan fingerprint density at radius 1 is 1.20 bits per heavy atom. The van der Waals surface area contributed by atoms with Gasteiger partial charge in [-0.2, -0.15) is 0 Å². The molecule has 1 aromatic heterocycles. The maximum absolute atomic E-state index is 12.4. The predicted molar refractivity (Wildman–Crippen MR) is 98.9 cm³/mol. The van der Waals surface area contributed by atoms with Crippen LogP contribution in [0.4, 0.5) is 0 Å². The topological polar surface area (TPSA) is 62.4 Å². The first-order valence-corrected chi connectivity index (χ1v) is 9.14. The molecule has 0 spiro atoms. The third-order valence-electron chi connectivity index (χ3n) is 4.93. The molecule has 1 N–H and O–H groups in total. The summed E-state index contributed by atoms with van der Waals surface area (Å²) in [5, 5.41) is 0.946. The van der Waals surface area contributed by atoms with Crippen LogP contribution in [0.15, 0.2) is 35.1 Å². The number of fused-ring (bicyclic) bond motifs is 1. The predicted octanol–water partition coefficient (Wildman–Crippen LogP) is 3.34. The second-order valence-corrected chi connectivity index (χ2v) is 6.87. The van der Waals surface area contributed by atoms with Crippen molar-refractivity contribution in [2.75, 3.05) is 20.2 Å². The quantitative estimate of drug-likeness (QED) is 0.819. The van der Waals surface area contributed by atoms with Crippen LogP contribution >= 0.6 is 0 Å². The highest BCUT2D eigenvalue weighted by Crippen LogP contribution is 2.25. The molecular weight excluding hydrogens is 316 g/mol. The number of benzene rings is 1. The zero-order chi connectivity index (χ0) is 17.6. The summed E-state index contributed by atoms with van der Waals surface area (Å²) in [5.41, 5.74) is 0.699. The minimum atomic E-state index is -0.105. The summed E-state index contributed by atoms with van der Waals surface area (Å²) in [5.74, 6) is 1.29. The first-order valence-electron chi connectivity index (χ1n) is 9.14. The zero-order valence-electron chi connectivity index (χ0n) is 14.8. The van der Waals surface area contributed by atoms with Crippen molar-refractivity contribution in [1.82, 2.24) is 9.88 Å². The van der Waals surface area contributed by atoms with Crippen LogP contribution in [-0.2, 0) is 4.79 Å². The molecule has 25 heavy (non-hydrogen) atoms. The molecule has 5 nitrogen and oxygen atoms in total. The van der Waals surface area contributed by atoms with Gasteiger partial charge in [-0.05, 0) is 43.5 Å². The number of amides is 1. The van der Waals surface area contributed by atoms with Crippen molar-refractivity contribution in [3.05, 3.63) is 40.7 Å². The lowest BCUT2D eigenvalue weighted by Crippen LogP contribution is -2.35. The van der Waals surface area contributed by atoms with Crippen LogP contribution in [0.25, 0.3) is 10.9 Å². The zero-order valence-corrected chi connectivity index (χ0v) is 14.8. The van der Waals surface area contributed by atoms with Gasteiger partial charge in [0, 0.05) is 36.5 Å². The van der Waals surface area contributed by atoms with Gasteiger partial charge in [-0.25, -0.2) is 0 Å². The second-order valence-electron chi connectivity index (χ2n) is 6.87. The Kier molecular flexibility index (Phi) is 5.74. The van der Waals surface area contributed by atoms with Gasteiger partial charge in [0.2, 0.25) is 11.5 Å². The molecule has 1 amide bonds. The van der Waals surface area contributed by atoms with Crippen LogP contribution in [0.3, 0.4) is 0 Å². The Bertz CT molecular complexity index is 778. The third-order valence-corrected chi connectivity index (χ3v) is 4.93. The van der Waals surface area contributed by atoms with Crippen LogP contribution in [-0.4, -0.2) is 36.0 Å². The molecule has 0 radical (unpaired) electrons. The van der Waals surface area contributed by atoms with Crippen LogP contribution in [0, 0.1) is 5.92 Å². The van der Waals surface area contributed by atoms with Crippen LogP contribution in [0.5, 0.6) is 5.75 Å². The van der Waals surface area contributed by atoms with E-state index >= 15 is 0 Å². The molecule has 5 heteroatoms. The van der Waals surface area contributed by atoms with Crippen LogP contribution in [0.1, 0.15) is 38.5 Å². The van der Waals surface area contributed by atoms with Crippen LogP contribution in [0.2, 0.25) is 0 Å². The maximum atomic E-state index is 12.4. The molecule has 1 saturated carbocycles. The Hall–Kier alpha value is -2.30.